The first-order chi connectivity index (χ1) is 7.60. The molecule has 0 N–H and O–H groups in total. The molecule has 1 aliphatic carbocycles. The van der Waals surface area contributed by atoms with Gasteiger partial charge in [-0.3, -0.25) is 9.59 Å². The third-order valence-electron chi connectivity index (χ3n) is 3.31. The Kier molecular flexibility index (Phi) is 4.71. The number of methoxy groups -OCH3 is 1. The SMILES string of the molecule is CCCCC1CC(=O)C(CC(=O)OC)=C1C. The predicted molar refractivity (Wildman–Crippen MR) is 62.0 cm³/mol. The maximum atomic E-state index is 11.7. The molecule has 1 unspecified atom stereocenters. The fourth-order valence-corrected chi connectivity index (χ4v) is 2.19. The molecule has 0 spiro atoms. The number of ether oxygens (including phenoxy) is 1. The van der Waals surface area contributed by atoms with Crippen molar-refractivity contribution in [3.63, 3.8) is 0 Å². The van der Waals surface area contributed by atoms with E-state index in [1.54, 1.807) is 0 Å². The highest BCUT2D eigenvalue weighted by atomic mass is 16.5. The van der Waals surface area contributed by atoms with E-state index in [1.165, 1.54) is 7.11 Å². The molecule has 0 saturated heterocycles. The number of esters is 1. The summed E-state index contributed by atoms with van der Waals surface area (Å²) >= 11 is 0. The molecule has 1 rings (SSSR count). The van der Waals surface area contributed by atoms with Gasteiger partial charge in [0, 0.05) is 12.0 Å². The molecule has 3 heteroatoms. The molecular formula is C13H20O3. The van der Waals surface area contributed by atoms with E-state index in [4.69, 9.17) is 0 Å². The summed E-state index contributed by atoms with van der Waals surface area (Å²) in [6.07, 6.45) is 4.06. The summed E-state index contributed by atoms with van der Waals surface area (Å²) in [5.41, 5.74) is 1.79. The van der Waals surface area contributed by atoms with Gasteiger partial charge in [-0.15, -0.1) is 0 Å². The van der Waals surface area contributed by atoms with Crippen molar-refractivity contribution in [3.8, 4) is 0 Å². The van der Waals surface area contributed by atoms with E-state index in [0.717, 1.165) is 24.8 Å². The van der Waals surface area contributed by atoms with Gasteiger partial charge in [-0.05, 0) is 19.3 Å². The first kappa shape index (κ1) is 12.9. The summed E-state index contributed by atoms with van der Waals surface area (Å²) < 4.78 is 4.60. The lowest BCUT2D eigenvalue weighted by Crippen LogP contribution is -2.06. The van der Waals surface area contributed by atoms with Gasteiger partial charge >= 0.3 is 5.97 Å². The smallest absolute Gasteiger partial charge is 0.310 e. The van der Waals surface area contributed by atoms with Crippen LogP contribution in [0, 0.1) is 5.92 Å². The van der Waals surface area contributed by atoms with Crippen LogP contribution in [-0.2, 0) is 14.3 Å². The lowest BCUT2D eigenvalue weighted by atomic mass is 9.95. The number of hydrogen-bond acceptors (Lipinski definition) is 3. The standard InChI is InChI=1S/C13H20O3/c1-4-5-6-10-7-12(14)11(9(10)2)8-13(15)16-3/h10H,4-8H2,1-3H3. The largest absolute Gasteiger partial charge is 0.469 e. The van der Waals surface area contributed by atoms with E-state index in [-0.39, 0.29) is 18.2 Å². The van der Waals surface area contributed by atoms with Gasteiger partial charge in [0.2, 0.25) is 0 Å². The van der Waals surface area contributed by atoms with E-state index < -0.39 is 0 Å². The van der Waals surface area contributed by atoms with E-state index in [9.17, 15) is 9.59 Å². The predicted octanol–water partition coefficient (Wildman–Crippen LogP) is 2.65. The van der Waals surface area contributed by atoms with Crippen molar-refractivity contribution in [2.24, 2.45) is 5.92 Å². The molecule has 16 heavy (non-hydrogen) atoms. The third kappa shape index (κ3) is 2.94. The highest BCUT2D eigenvalue weighted by molar-refractivity contribution is 6.02. The van der Waals surface area contributed by atoms with Gasteiger partial charge < -0.3 is 4.74 Å². The quantitative estimate of drug-likeness (QED) is 0.674. The summed E-state index contributed by atoms with van der Waals surface area (Å²) in [4.78, 5) is 22.9. The molecule has 90 valence electrons. The minimum absolute atomic E-state index is 0.129. The molecular weight excluding hydrogens is 204 g/mol. The molecule has 1 atom stereocenters. The number of rotatable bonds is 5. The Bertz CT molecular complexity index is 315. The Hall–Kier alpha value is -1.12. The average Bonchev–Trinajstić information content (AvgIpc) is 2.53. The van der Waals surface area contributed by atoms with Crippen LogP contribution in [0.5, 0.6) is 0 Å². The zero-order valence-electron chi connectivity index (χ0n) is 10.3. The summed E-state index contributed by atoms with van der Waals surface area (Å²) in [6.45, 7) is 4.12. The Balaban J connectivity index is 2.69. The Morgan fingerprint density at radius 1 is 1.50 bits per heavy atom. The lowest BCUT2D eigenvalue weighted by Gasteiger charge is -2.09. The molecule has 0 fully saturated rings. The van der Waals surface area contributed by atoms with E-state index in [1.807, 2.05) is 6.92 Å². The number of carbonyl (C=O) groups excluding carboxylic acids is 2. The molecule has 0 aromatic rings. The zero-order valence-corrected chi connectivity index (χ0v) is 10.3. The van der Waals surface area contributed by atoms with Gasteiger partial charge in [0.25, 0.3) is 0 Å². The molecule has 0 saturated carbocycles. The molecule has 1 aliphatic rings. The lowest BCUT2D eigenvalue weighted by molar-refractivity contribution is -0.140. The fourth-order valence-electron chi connectivity index (χ4n) is 2.19. The maximum Gasteiger partial charge on any atom is 0.310 e. The van der Waals surface area contributed by atoms with Crippen molar-refractivity contribution < 1.29 is 14.3 Å². The van der Waals surface area contributed by atoms with Crippen LogP contribution in [0.2, 0.25) is 0 Å². The fraction of sp³-hybridized carbons (Fsp3) is 0.692. The van der Waals surface area contributed by atoms with Crippen LogP contribution in [0.1, 0.15) is 46.0 Å². The zero-order chi connectivity index (χ0) is 12.1. The van der Waals surface area contributed by atoms with E-state index in [2.05, 4.69) is 11.7 Å². The topological polar surface area (TPSA) is 43.4 Å². The third-order valence-corrected chi connectivity index (χ3v) is 3.31. The van der Waals surface area contributed by atoms with Gasteiger partial charge in [0.1, 0.15) is 0 Å². The van der Waals surface area contributed by atoms with E-state index in [0.29, 0.717) is 17.9 Å². The molecule has 0 heterocycles. The van der Waals surface area contributed by atoms with Crippen LogP contribution in [0.4, 0.5) is 0 Å². The van der Waals surface area contributed by atoms with Gasteiger partial charge in [0.05, 0.1) is 13.5 Å². The number of unbranched alkanes of at least 4 members (excludes halogenated alkanes) is 1. The normalized spacial score (nSPS) is 20.4. The van der Waals surface area contributed by atoms with Crippen molar-refractivity contribution in [2.75, 3.05) is 7.11 Å². The molecule has 0 aromatic heterocycles. The van der Waals surface area contributed by atoms with Crippen molar-refractivity contribution >= 4 is 11.8 Å². The monoisotopic (exact) mass is 224 g/mol. The van der Waals surface area contributed by atoms with Crippen LogP contribution < -0.4 is 0 Å². The minimum Gasteiger partial charge on any atom is -0.469 e. The second-order valence-corrected chi connectivity index (χ2v) is 4.38. The van der Waals surface area contributed by atoms with Crippen molar-refractivity contribution in [1.82, 2.24) is 0 Å². The molecule has 0 radical (unpaired) electrons. The first-order valence-electron chi connectivity index (χ1n) is 5.89. The molecule has 0 aromatic carbocycles. The maximum absolute atomic E-state index is 11.7. The second-order valence-electron chi connectivity index (χ2n) is 4.38. The molecule has 0 bridgehead atoms. The Morgan fingerprint density at radius 2 is 2.19 bits per heavy atom. The van der Waals surface area contributed by atoms with Crippen LogP contribution in [-0.4, -0.2) is 18.9 Å². The first-order valence-corrected chi connectivity index (χ1v) is 5.89. The Labute approximate surface area is 96.9 Å². The summed E-state index contributed by atoms with van der Waals surface area (Å²) in [5.74, 6) is 0.162. The van der Waals surface area contributed by atoms with E-state index >= 15 is 0 Å². The van der Waals surface area contributed by atoms with Gasteiger partial charge in [-0.2, -0.15) is 0 Å². The Morgan fingerprint density at radius 3 is 2.75 bits per heavy atom. The van der Waals surface area contributed by atoms with Crippen molar-refractivity contribution in [3.05, 3.63) is 11.1 Å². The molecule has 0 aliphatic heterocycles. The van der Waals surface area contributed by atoms with Gasteiger partial charge in [-0.25, -0.2) is 0 Å². The number of hydrogen-bond donors (Lipinski definition) is 0. The highest BCUT2D eigenvalue weighted by Crippen LogP contribution is 2.34. The van der Waals surface area contributed by atoms with Crippen LogP contribution in [0.3, 0.4) is 0 Å². The number of carbonyl (C=O) groups is 2. The average molecular weight is 224 g/mol. The molecule has 3 nitrogen and oxygen atoms in total. The van der Waals surface area contributed by atoms with Gasteiger partial charge in [-0.1, -0.05) is 25.3 Å². The second kappa shape index (κ2) is 5.83. The van der Waals surface area contributed by atoms with Crippen molar-refractivity contribution in [2.45, 2.75) is 46.0 Å². The van der Waals surface area contributed by atoms with Crippen LogP contribution in [0.25, 0.3) is 0 Å². The summed E-state index contributed by atoms with van der Waals surface area (Å²) in [5, 5.41) is 0. The minimum atomic E-state index is -0.321. The van der Waals surface area contributed by atoms with Crippen LogP contribution in [0.15, 0.2) is 11.1 Å². The van der Waals surface area contributed by atoms with Crippen molar-refractivity contribution in [1.29, 1.82) is 0 Å². The van der Waals surface area contributed by atoms with Gasteiger partial charge in [0.15, 0.2) is 5.78 Å². The number of allylic oxidation sites excluding steroid dienone is 1. The van der Waals surface area contributed by atoms with Crippen LogP contribution >= 0.6 is 0 Å². The highest BCUT2D eigenvalue weighted by Gasteiger charge is 2.30. The summed E-state index contributed by atoms with van der Waals surface area (Å²) in [7, 11) is 1.35. The molecule has 0 amide bonds. The summed E-state index contributed by atoms with van der Waals surface area (Å²) in [6, 6.07) is 0. The number of Topliss-reactive ketones (excluding diaryl/α,β-unsaturated/α-hetero) is 1. The number of ketones is 1.